The van der Waals surface area contributed by atoms with Gasteiger partial charge in [0.15, 0.2) is 15.6 Å². The molecule has 0 saturated carbocycles. The van der Waals surface area contributed by atoms with Crippen LogP contribution in [-0.2, 0) is 46.6 Å². The number of sulfone groups is 1. The SMILES string of the molecule is C=CS(=O)(=O)CCc1ccc(Nc2nc(F)nc(Nc3ccc(N=Nc4c(S(=O)(=O)O)cc5cc(S(=O)(=O)O)c(N)cc5c4O)c(S(=O)(=O)O)c3)n2)cc1. The lowest BCUT2D eigenvalue weighted by Crippen LogP contribution is -2.07. The molecule has 0 aliphatic carbocycles. The number of hydrogen-bond donors (Lipinski definition) is 7. The van der Waals surface area contributed by atoms with Crippen molar-refractivity contribution in [1.29, 1.82) is 0 Å². The quantitative estimate of drug-likeness (QED) is 0.0497. The number of phenols is 1. The van der Waals surface area contributed by atoms with Crippen molar-refractivity contribution in [3.8, 4) is 5.75 Å². The lowest BCUT2D eigenvalue weighted by molar-refractivity contribution is 0.472. The van der Waals surface area contributed by atoms with Gasteiger partial charge in [-0.3, -0.25) is 13.7 Å². The molecule has 0 saturated heterocycles. The van der Waals surface area contributed by atoms with Crippen LogP contribution in [0.15, 0.2) is 97.6 Å². The van der Waals surface area contributed by atoms with Gasteiger partial charge in [0.05, 0.1) is 11.4 Å². The van der Waals surface area contributed by atoms with Crippen LogP contribution in [0.2, 0.25) is 0 Å². The number of hydrogen-bond acceptors (Lipinski definition) is 17. The highest BCUT2D eigenvalue weighted by molar-refractivity contribution is 7.94. The molecular formula is C29H25FN8O12S4. The molecule has 0 aliphatic rings. The van der Waals surface area contributed by atoms with Crippen molar-refractivity contribution in [1.82, 2.24) is 15.0 Å². The molecule has 5 aromatic rings. The minimum absolute atomic E-state index is 0.149. The lowest BCUT2D eigenvalue weighted by atomic mass is 10.1. The predicted octanol–water partition coefficient (Wildman–Crippen LogP) is 4.20. The first-order chi connectivity index (χ1) is 25.0. The second kappa shape index (κ2) is 14.6. The zero-order valence-electron chi connectivity index (χ0n) is 26.9. The maximum absolute atomic E-state index is 14.4. The minimum atomic E-state index is -5.24. The molecule has 0 atom stereocenters. The maximum Gasteiger partial charge on any atom is 0.315 e. The van der Waals surface area contributed by atoms with Crippen molar-refractivity contribution in [2.45, 2.75) is 21.1 Å². The summed E-state index contributed by atoms with van der Waals surface area (Å²) in [5, 5.41) is 23.6. The molecule has 284 valence electrons. The molecule has 54 heavy (non-hydrogen) atoms. The van der Waals surface area contributed by atoms with Gasteiger partial charge >= 0.3 is 6.08 Å². The van der Waals surface area contributed by atoms with Gasteiger partial charge in [-0.15, -0.1) is 10.2 Å². The summed E-state index contributed by atoms with van der Waals surface area (Å²) in [6, 6.07) is 11.5. The van der Waals surface area contributed by atoms with E-state index >= 15 is 0 Å². The number of azo groups is 1. The molecule has 20 nitrogen and oxygen atoms in total. The summed E-state index contributed by atoms with van der Waals surface area (Å²) in [5.74, 6) is -1.90. The largest absolute Gasteiger partial charge is 0.505 e. The molecule has 4 aromatic carbocycles. The smallest absolute Gasteiger partial charge is 0.315 e. The number of anilines is 5. The fraction of sp³-hybridized carbons (Fsp3) is 0.0690. The highest BCUT2D eigenvalue weighted by atomic mass is 32.2. The number of nitrogen functional groups attached to an aromatic ring is 1. The molecule has 0 bridgehead atoms. The zero-order valence-corrected chi connectivity index (χ0v) is 30.1. The van der Waals surface area contributed by atoms with Crippen LogP contribution in [0.4, 0.5) is 44.7 Å². The van der Waals surface area contributed by atoms with Gasteiger partial charge in [0.1, 0.15) is 26.1 Å². The number of fused-ring (bicyclic) bond motifs is 1. The van der Waals surface area contributed by atoms with E-state index in [1.165, 1.54) is 0 Å². The fourth-order valence-corrected chi connectivity index (χ4v) is 7.34. The number of aromatic hydroxyl groups is 1. The molecule has 0 aliphatic heterocycles. The van der Waals surface area contributed by atoms with Gasteiger partial charge in [-0.25, -0.2) is 8.42 Å². The van der Waals surface area contributed by atoms with Crippen molar-refractivity contribution in [3.63, 3.8) is 0 Å². The molecule has 8 N–H and O–H groups in total. The summed E-state index contributed by atoms with van der Waals surface area (Å²) in [6.45, 7) is 3.26. The van der Waals surface area contributed by atoms with Gasteiger partial charge in [0, 0.05) is 22.2 Å². The van der Waals surface area contributed by atoms with E-state index in [4.69, 9.17) is 5.73 Å². The lowest BCUT2D eigenvalue weighted by Gasteiger charge is -2.12. The Hall–Kier alpha value is -5.70. The molecule has 1 aromatic heterocycles. The number of rotatable bonds is 13. The number of nitrogens with zero attached hydrogens (tertiary/aromatic N) is 5. The molecule has 0 radical (unpaired) electrons. The van der Waals surface area contributed by atoms with Gasteiger partial charge in [0.2, 0.25) is 11.9 Å². The Morgan fingerprint density at radius 2 is 1.30 bits per heavy atom. The van der Waals surface area contributed by atoms with Crippen LogP contribution in [0.25, 0.3) is 10.8 Å². The molecule has 5 rings (SSSR count). The molecule has 0 amide bonds. The van der Waals surface area contributed by atoms with E-state index in [1.807, 2.05) is 0 Å². The Labute approximate surface area is 305 Å². The third-order valence-electron chi connectivity index (χ3n) is 7.24. The first-order valence-electron chi connectivity index (χ1n) is 14.5. The van der Waals surface area contributed by atoms with Crippen LogP contribution in [0.3, 0.4) is 0 Å². The number of benzene rings is 4. The number of nitrogens with one attached hydrogen (secondary N) is 2. The summed E-state index contributed by atoms with van der Waals surface area (Å²) in [7, 11) is -18.7. The number of aryl methyl sites for hydroxylation is 1. The van der Waals surface area contributed by atoms with E-state index in [1.54, 1.807) is 24.3 Å². The topological polar surface area (TPSA) is 331 Å². The van der Waals surface area contributed by atoms with Crippen molar-refractivity contribution in [2.24, 2.45) is 10.2 Å². The van der Waals surface area contributed by atoms with E-state index in [9.17, 15) is 56.8 Å². The average Bonchev–Trinajstić information content (AvgIpc) is 3.06. The molecular weight excluding hydrogens is 800 g/mol. The van der Waals surface area contributed by atoms with Crippen LogP contribution in [0.1, 0.15) is 5.56 Å². The van der Waals surface area contributed by atoms with E-state index < -0.39 is 89.7 Å². The van der Waals surface area contributed by atoms with Crippen molar-refractivity contribution in [3.05, 3.63) is 84.3 Å². The second-order valence-electron chi connectivity index (χ2n) is 11.0. The Morgan fingerprint density at radius 3 is 1.87 bits per heavy atom. The Morgan fingerprint density at radius 1 is 0.741 bits per heavy atom. The monoisotopic (exact) mass is 824 g/mol. The van der Waals surface area contributed by atoms with Crippen molar-refractivity contribution < 1.29 is 56.8 Å². The van der Waals surface area contributed by atoms with Crippen LogP contribution in [0.5, 0.6) is 5.75 Å². The van der Waals surface area contributed by atoms with Crippen molar-refractivity contribution >= 4 is 91.3 Å². The first kappa shape index (κ1) is 39.5. The summed E-state index contributed by atoms with van der Waals surface area (Å²) >= 11 is 0. The number of halogens is 1. The maximum atomic E-state index is 14.4. The number of aromatic nitrogens is 3. The number of phenolic OH excluding ortho intramolecular Hbond substituents is 1. The van der Waals surface area contributed by atoms with Crippen LogP contribution in [0, 0.1) is 6.08 Å². The third-order valence-corrected chi connectivity index (χ3v) is 11.2. The molecule has 0 fully saturated rings. The average molecular weight is 825 g/mol. The van der Waals surface area contributed by atoms with Crippen LogP contribution in [-0.4, -0.2) is 73.1 Å². The summed E-state index contributed by atoms with van der Waals surface area (Å²) in [6.07, 6.45) is -1.05. The highest BCUT2D eigenvalue weighted by Crippen LogP contribution is 2.43. The van der Waals surface area contributed by atoms with Crippen LogP contribution >= 0.6 is 0 Å². The summed E-state index contributed by atoms with van der Waals surface area (Å²) < 4.78 is 139. The van der Waals surface area contributed by atoms with E-state index in [2.05, 4.69) is 42.4 Å². The number of nitrogens with two attached hydrogens (primary N) is 1. The first-order valence-corrected chi connectivity index (χ1v) is 20.5. The van der Waals surface area contributed by atoms with Crippen LogP contribution < -0.4 is 16.4 Å². The Balaban J connectivity index is 1.45. The Bertz CT molecular complexity index is 2820. The van der Waals surface area contributed by atoms with Crippen molar-refractivity contribution in [2.75, 3.05) is 22.1 Å². The standard InChI is InChI=1S/C29H25FN8O12S4/c1-2-51(40,41)10-9-15-3-5-17(6-4-15)32-28-34-27(30)35-29(36-28)33-18-7-8-21(23(13-18)53(45,46)47)37-38-25-24(54(48,49)50)12-16-11-22(52(42,43)44)20(31)14-19(16)26(25)39/h2-8,11-14,39H,1,9-10,31H2,(H,42,43,44)(H,45,46,47)(H,48,49,50)(H2,32,33,34,35,36). The highest BCUT2D eigenvalue weighted by Gasteiger charge is 2.25. The minimum Gasteiger partial charge on any atom is -0.505 e. The fourth-order valence-electron chi connectivity index (χ4n) is 4.71. The summed E-state index contributed by atoms with van der Waals surface area (Å²) in [4.78, 5) is 8.16. The van der Waals surface area contributed by atoms with E-state index in [-0.39, 0.29) is 34.6 Å². The molecule has 25 heteroatoms. The molecule has 0 spiro atoms. The molecule has 1 heterocycles. The summed E-state index contributed by atoms with van der Waals surface area (Å²) in [5.41, 5.74) is 4.42. The van der Waals surface area contributed by atoms with Gasteiger partial charge in [-0.2, -0.15) is 44.6 Å². The van der Waals surface area contributed by atoms with Gasteiger partial charge in [-0.05, 0) is 65.9 Å². The van der Waals surface area contributed by atoms with Gasteiger partial charge in [-0.1, -0.05) is 18.7 Å². The zero-order chi connectivity index (χ0) is 39.8. The molecule has 0 unspecified atom stereocenters. The van der Waals surface area contributed by atoms with E-state index in [0.717, 1.165) is 35.7 Å². The third kappa shape index (κ3) is 9.26. The van der Waals surface area contributed by atoms with Gasteiger partial charge in [0.25, 0.3) is 30.4 Å². The Kier molecular flexibility index (Phi) is 10.7. The van der Waals surface area contributed by atoms with E-state index in [0.29, 0.717) is 17.3 Å². The second-order valence-corrected chi connectivity index (χ2v) is 17.2. The van der Waals surface area contributed by atoms with Gasteiger partial charge < -0.3 is 21.5 Å². The predicted molar refractivity (Wildman–Crippen MR) is 191 cm³/mol. The normalized spacial score (nSPS) is 12.6.